The second-order valence-corrected chi connectivity index (χ2v) is 8.05. The molecule has 0 fully saturated rings. The highest BCUT2D eigenvalue weighted by Gasteiger charge is 2.14. The van der Waals surface area contributed by atoms with Crippen molar-refractivity contribution >= 4 is 34.0 Å². The molecule has 6 heteroatoms. The Bertz CT molecular complexity index is 1370. The normalized spacial score (nSPS) is 11.2. The molecule has 35 heavy (non-hydrogen) atoms. The third kappa shape index (κ3) is 5.92. The lowest BCUT2D eigenvalue weighted by Gasteiger charge is -2.10. The van der Waals surface area contributed by atoms with Gasteiger partial charge in [-0.25, -0.2) is 5.43 Å². The van der Waals surface area contributed by atoms with E-state index in [1.165, 1.54) is 10.8 Å². The van der Waals surface area contributed by atoms with Crippen molar-refractivity contribution in [3.05, 3.63) is 108 Å². The van der Waals surface area contributed by atoms with Gasteiger partial charge in [-0.15, -0.1) is 0 Å². The number of fused-ring (bicyclic) bond motifs is 1. The minimum absolute atomic E-state index is 0.458. The van der Waals surface area contributed by atoms with Crippen LogP contribution in [0.1, 0.15) is 30.5 Å². The van der Waals surface area contributed by atoms with Crippen molar-refractivity contribution in [1.82, 2.24) is 5.43 Å². The van der Waals surface area contributed by atoms with Crippen molar-refractivity contribution in [2.75, 3.05) is 5.32 Å². The molecule has 0 bridgehead atoms. The number of aryl methyl sites for hydroxylation is 1. The third-order valence-electron chi connectivity index (χ3n) is 5.72. The Labute approximate surface area is 204 Å². The van der Waals surface area contributed by atoms with Crippen LogP contribution in [0.2, 0.25) is 0 Å². The first-order valence-corrected chi connectivity index (χ1v) is 11.5. The predicted molar refractivity (Wildman–Crippen MR) is 140 cm³/mol. The zero-order valence-electron chi connectivity index (χ0n) is 19.7. The minimum Gasteiger partial charge on any atom is -0.489 e. The molecule has 0 saturated carbocycles. The Balaban J connectivity index is 1.34. The number of nitrogens with one attached hydrogen (secondary N) is 2. The number of nitrogens with zero attached hydrogens (tertiary/aromatic N) is 1. The first kappa shape index (κ1) is 23.7. The minimum atomic E-state index is -0.828. The van der Waals surface area contributed by atoms with Crippen LogP contribution < -0.4 is 15.5 Å². The van der Waals surface area contributed by atoms with Crippen LogP contribution in [-0.2, 0) is 22.6 Å². The largest absolute Gasteiger partial charge is 0.489 e. The second kappa shape index (κ2) is 11.1. The van der Waals surface area contributed by atoms with Crippen LogP contribution in [0.15, 0.2) is 96.1 Å². The van der Waals surface area contributed by atoms with Crippen molar-refractivity contribution in [3.8, 4) is 5.75 Å². The Morgan fingerprint density at radius 2 is 1.49 bits per heavy atom. The van der Waals surface area contributed by atoms with E-state index in [1.54, 1.807) is 13.0 Å². The van der Waals surface area contributed by atoms with Crippen LogP contribution in [0.3, 0.4) is 0 Å². The average Bonchev–Trinajstić information content (AvgIpc) is 2.90. The summed E-state index contributed by atoms with van der Waals surface area (Å²) in [5, 5.41) is 9.06. The summed E-state index contributed by atoms with van der Waals surface area (Å²) in [6, 6.07) is 29.2. The fourth-order valence-electron chi connectivity index (χ4n) is 3.75. The Morgan fingerprint density at radius 3 is 2.29 bits per heavy atom. The van der Waals surface area contributed by atoms with Crippen molar-refractivity contribution in [3.63, 3.8) is 0 Å². The molecule has 0 saturated heterocycles. The fourth-order valence-corrected chi connectivity index (χ4v) is 3.75. The van der Waals surface area contributed by atoms with E-state index >= 15 is 0 Å². The van der Waals surface area contributed by atoms with E-state index in [-0.39, 0.29) is 0 Å². The van der Waals surface area contributed by atoms with Crippen LogP contribution in [-0.4, -0.2) is 17.5 Å². The molecule has 4 aromatic carbocycles. The molecule has 0 heterocycles. The maximum Gasteiger partial charge on any atom is 0.329 e. The number of benzene rings is 4. The zero-order chi connectivity index (χ0) is 24.6. The number of hydrazone groups is 1. The maximum absolute atomic E-state index is 12.2. The summed E-state index contributed by atoms with van der Waals surface area (Å²) in [5.41, 5.74) is 6.39. The van der Waals surface area contributed by atoms with Gasteiger partial charge in [0.05, 0.1) is 5.71 Å². The first-order chi connectivity index (χ1) is 17.0. The molecule has 2 N–H and O–H groups in total. The summed E-state index contributed by atoms with van der Waals surface area (Å²) < 4.78 is 5.98. The number of hydrogen-bond donors (Lipinski definition) is 2. The SMILES string of the molecule is CCc1ccccc1NC(=O)C(=O)NN=C(C)c1ccc(OCc2cccc3ccccc23)cc1. The molecule has 0 aromatic heterocycles. The van der Waals surface area contributed by atoms with Crippen LogP contribution in [0.5, 0.6) is 5.75 Å². The molecule has 0 aliphatic rings. The van der Waals surface area contributed by atoms with Gasteiger partial charge in [0.2, 0.25) is 0 Å². The van der Waals surface area contributed by atoms with E-state index in [9.17, 15) is 9.59 Å². The van der Waals surface area contributed by atoms with Gasteiger partial charge in [-0.2, -0.15) is 5.10 Å². The molecule has 0 spiro atoms. The van der Waals surface area contributed by atoms with E-state index in [2.05, 4.69) is 40.1 Å². The second-order valence-electron chi connectivity index (χ2n) is 8.05. The number of carbonyl (C=O) groups excluding carboxylic acids is 2. The average molecular weight is 466 g/mol. The molecular weight excluding hydrogens is 438 g/mol. The molecule has 176 valence electrons. The van der Waals surface area contributed by atoms with E-state index in [4.69, 9.17) is 4.74 Å². The monoisotopic (exact) mass is 465 g/mol. The van der Waals surface area contributed by atoms with Crippen molar-refractivity contribution in [2.24, 2.45) is 5.10 Å². The fraction of sp³-hybridized carbons (Fsp3) is 0.138. The highest BCUT2D eigenvalue weighted by atomic mass is 16.5. The van der Waals surface area contributed by atoms with Crippen LogP contribution >= 0.6 is 0 Å². The number of rotatable bonds is 7. The molecule has 0 unspecified atom stereocenters. The first-order valence-electron chi connectivity index (χ1n) is 11.5. The highest BCUT2D eigenvalue weighted by molar-refractivity contribution is 6.39. The molecule has 0 atom stereocenters. The van der Waals surface area contributed by atoms with Gasteiger partial charge in [0.15, 0.2) is 0 Å². The predicted octanol–water partition coefficient (Wildman–Crippen LogP) is 5.46. The van der Waals surface area contributed by atoms with Crippen LogP contribution in [0.4, 0.5) is 5.69 Å². The van der Waals surface area contributed by atoms with Crippen molar-refractivity contribution < 1.29 is 14.3 Å². The summed E-state index contributed by atoms with van der Waals surface area (Å²) >= 11 is 0. The van der Waals surface area contributed by atoms with Gasteiger partial charge in [-0.3, -0.25) is 9.59 Å². The topological polar surface area (TPSA) is 79.8 Å². The van der Waals surface area contributed by atoms with Crippen LogP contribution in [0.25, 0.3) is 10.8 Å². The van der Waals surface area contributed by atoms with E-state index < -0.39 is 11.8 Å². The van der Waals surface area contributed by atoms with Gasteiger partial charge >= 0.3 is 11.8 Å². The smallest absolute Gasteiger partial charge is 0.329 e. The number of hydrogen-bond acceptors (Lipinski definition) is 4. The molecular formula is C29H27N3O3. The Hall–Kier alpha value is -4.45. The standard InChI is InChI=1S/C29H27N3O3/c1-3-21-9-5-7-14-27(21)30-28(33)29(34)32-31-20(2)22-15-17-25(18-16-22)35-19-24-12-8-11-23-10-4-6-13-26(23)24/h4-18H,3,19H2,1-2H3,(H,30,33)(H,32,34). The number of anilines is 1. The quantitative estimate of drug-likeness (QED) is 0.216. The number of ether oxygens (including phenoxy) is 1. The van der Waals surface area contributed by atoms with Gasteiger partial charge < -0.3 is 10.1 Å². The number of amides is 2. The van der Waals surface area contributed by atoms with Gasteiger partial charge in [-0.1, -0.05) is 67.6 Å². The van der Waals surface area contributed by atoms with E-state index in [0.717, 1.165) is 28.9 Å². The highest BCUT2D eigenvalue weighted by Crippen LogP contribution is 2.21. The lowest BCUT2D eigenvalue weighted by Crippen LogP contribution is -2.33. The number of para-hydroxylation sites is 1. The molecule has 0 radical (unpaired) electrons. The molecule has 6 nitrogen and oxygen atoms in total. The molecule has 0 aliphatic heterocycles. The lowest BCUT2D eigenvalue weighted by atomic mass is 10.1. The Morgan fingerprint density at radius 1 is 0.800 bits per heavy atom. The molecule has 4 aromatic rings. The van der Waals surface area contributed by atoms with Crippen molar-refractivity contribution in [1.29, 1.82) is 0 Å². The summed E-state index contributed by atoms with van der Waals surface area (Å²) in [7, 11) is 0. The molecule has 4 rings (SSSR count). The van der Waals surface area contributed by atoms with Crippen LogP contribution in [0, 0.1) is 0 Å². The summed E-state index contributed by atoms with van der Waals surface area (Å²) in [6.45, 7) is 4.20. The van der Waals surface area contributed by atoms with Gasteiger partial charge in [0, 0.05) is 5.69 Å². The summed E-state index contributed by atoms with van der Waals surface area (Å²) in [6.07, 6.45) is 0.747. The van der Waals surface area contributed by atoms with Gasteiger partial charge in [0.1, 0.15) is 12.4 Å². The number of carbonyl (C=O) groups is 2. The zero-order valence-corrected chi connectivity index (χ0v) is 19.7. The maximum atomic E-state index is 12.2. The molecule has 0 aliphatic carbocycles. The van der Waals surface area contributed by atoms with Gasteiger partial charge in [0.25, 0.3) is 0 Å². The lowest BCUT2D eigenvalue weighted by molar-refractivity contribution is -0.136. The van der Waals surface area contributed by atoms with Gasteiger partial charge in [-0.05, 0) is 71.1 Å². The molecule has 2 amide bonds. The van der Waals surface area contributed by atoms with Crippen molar-refractivity contribution in [2.45, 2.75) is 26.9 Å². The summed E-state index contributed by atoms with van der Waals surface area (Å²) in [4.78, 5) is 24.4. The van der Waals surface area contributed by atoms with E-state index in [0.29, 0.717) is 18.0 Å². The van der Waals surface area contributed by atoms with E-state index in [1.807, 2.05) is 67.6 Å². The third-order valence-corrected chi connectivity index (χ3v) is 5.72. The summed E-state index contributed by atoms with van der Waals surface area (Å²) in [5.74, 6) is -0.864. The Kier molecular flexibility index (Phi) is 7.53.